The van der Waals surface area contributed by atoms with Crippen LogP contribution in [0.2, 0.25) is 0 Å². The van der Waals surface area contributed by atoms with Gasteiger partial charge in [0.05, 0.1) is 5.92 Å². The number of rotatable bonds is 7. The molecule has 2 N–H and O–H groups in total. The summed E-state index contributed by atoms with van der Waals surface area (Å²) in [6.07, 6.45) is 5.11. The molecule has 1 atom stereocenters. The van der Waals surface area contributed by atoms with Crippen molar-refractivity contribution in [1.29, 1.82) is 0 Å². The van der Waals surface area contributed by atoms with Crippen molar-refractivity contribution in [3.8, 4) is 0 Å². The maximum atomic E-state index is 12.2. The summed E-state index contributed by atoms with van der Waals surface area (Å²) in [7, 11) is 1.67. The average Bonchev–Trinajstić information content (AvgIpc) is 3.07. The van der Waals surface area contributed by atoms with Crippen LogP contribution in [0.25, 0.3) is 0 Å². The minimum Gasteiger partial charge on any atom is -0.385 e. The molecule has 1 aromatic heterocycles. The van der Waals surface area contributed by atoms with Crippen LogP contribution in [0, 0.1) is 5.92 Å². The number of anilines is 1. The van der Waals surface area contributed by atoms with E-state index in [-0.39, 0.29) is 17.9 Å². The van der Waals surface area contributed by atoms with Crippen molar-refractivity contribution in [2.45, 2.75) is 25.7 Å². The molecular formula is C15H24N4O3S. The zero-order valence-corrected chi connectivity index (χ0v) is 14.2. The Morgan fingerprint density at radius 2 is 2.35 bits per heavy atom. The molecule has 2 rings (SSSR count). The van der Waals surface area contributed by atoms with Gasteiger partial charge in [-0.05, 0) is 25.7 Å². The molecule has 128 valence electrons. The average molecular weight is 340 g/mol. The van der Waals surface area contributed by atoms with E-state index in [0.717, 1.165) is 25.7 Å². The number of aromatic nitrogens is 1. The molecule has 0 unspecified atom stereocenters. The van der Waals surface area contributed by atoms with Crippen LogP contribution in [-0.2, 0) is 9.53 Å². The van der Waals surface area contributed by atoms with Crippen LogP contribution in [-0.4, -0.2) is 55.2 Å². The molecular weight excluding hydrogens is 316 g/mol. The predicted octanol–water partition coefficient (Wildman–Crippen LogP) is 1.93. The third kappa shape index (κ3) is 5.80. The molecule has 1 aromatic rings. The fourth-order valence-corrected chi connectivity index (χ4v) is 3.08. The highest BCUT2D eigenvalue weighted by Crippen LogP contribution is 2.19. The number of nitrogens with one attached hydrogen (secondary N) is 2. The summed E-state index contributed by atoms with van der Waals surface area (Å²) in [5.74, 6) is -0.232. The van der Waals surface area contributed by atoms with Crippen molar-refractivity contribution < 1.29 is 14.3 Å². The van der Waals surface area contributed by atoms with E-state index in [1.54, 1.807) is 18.2 Å². The number of hydrogen-bond donors (Lipinski definition) is 2. The Balaban J connectivity index is 1.73. The lowest BCUT2D eigenvalue weighted by Crippen LogP contribution is -2.48. The van der Waals surface area contributed by atoms with E-state index in [1.807, 2.05) is 5.38 Å². The maximum absolute atomic E-state index is 12.2. The molecule has 23 heavy (non-hydrogen) atoms. The van der Waals surface area contributed by atoms with E-state index in [9.17, 15) is 9.59 Å². The third-order valence-corrected chi connectivity index (χ3v) is 4.48. The summed E-state index contributed by atoms with van der Waals surface area (Å²) in [5.41, 5.74) is 0. The molecule has 0 spiro atoms. The number of piperidine rings is 1. The number of unbranched alkanes of at least 4 members (excludes halogenated alkanes) is 1. The highest BCUT2D eigenvalue weighted by molar-refractivity contribution is 7.13. The van der Waals surface area contributed by atoms with Crippen molar-refractivity contribution >= 4 is 28.4 Å². The molecule has 2 heterocycles. The molecule has 1 fully saturated rings. The van der Waals surface area contributed by atoms with Gasteiger partial charge in [-0.3, -0.25) is 4.79 Å². The lowest BCUT2D eigenvalue weighted by Gasteiger charge is -2.31. The number of likely N-dealkylation sites (tertiary alicyclic amines) is 1. The Kier molecular flexibility index (Phi) is 7.28. The van der Waals surface area contributed by atoms with Crippen molar-refractivity contribution in [1.82, 2.24) is 15.2 Å². The van der Waals surface area contributed by atoms with Crippen molar-refractivity contribution in [2.24, 2.45) is 5.92 Å². The second-order valence-electron chi connectivity index (χ2n) is 5.54. The van der Waals surface area contributed by atoms with Gasteiger partial charge in [0, 0.05) is 44.9 Å². The van der Waals surface area contributed by atoms with Gasteiger partial charge in [-0.25, -0.2) is 9.78 Å². The van der Waals surface area contributed by atoms with Crippen molar-refractivity contribution in [3.05, 3.63) is 11.6 Å². The summed E-state index contributed by atoms with van der Waals surface area (Å²) in [5, 5.41) is 8.14. The number of methoxy groups -OCH3 is 1. The first kappa shape index (κ1) is 17.7. The number of thiazole rings is 1. The van der Waals surface area contributed by atoms with Crippen molar-refractivity contribution in [2.75, 3.05) is 38.7 Å². The van der Waals surface area contributed by atoms with Crippen molar-refractivity contribution in [3.63, 3.8) is 0 Å². The fourth-order valence-electron chi connectivity index (χ4n) is 2.55. The van der Waals surface area contributed by atoms with Gasteiger partial charge >= 0.3 is 6.03 Å². The lowest BCUT2D eigenvalue weighted by atomic mass is 9.97. The smallest absolute Gasteiger partial charge is 0.317 e. The molecule has 3 amide bonds. The number of hydrogen-bond acceptors (Lipinski definition) is 5. The number of nitrogens with zero attached hydrogens (tertiary/aromatic N) is 2. The number of ether oxygens (including phenoxy) is 1. The molecule has 1 aliphatic rings. The minimum atomic E-state index is -0.174. The topological polar surface area (TPSA) is 83.6 Å². The van der Waals surface area contributed by atoms with Gasteiger partial charge in [0.1, 0.15) is 0 Å². The normalized spacial score (nSPS) is 17.8. The molecule has 0 saturated carbocycles. The predicted molar refractivity (Wildman–Crippen MR) is 89.5 cm³/mol. The highest BCUT2D eigenvalue weighted by Gasteiger charge is 2.28. The monoisotopic (exact) mass is 340 g/mol. The summed E-state index contributed by atoms with van der Waals surface area (Å²) in [4.78, 5) is 30.2. The van der Waals surface area contributed by atoms with E-state index >= 15 is 0 Å². The number of carbonyl (C=O) groups is 2. The zero-order valence-electron chi connectivity index (χ0n) is 13.4. The third-order valence-electron chi connectivity index (χ3n) is 3.79. The molecule has 8 heteroatoms. The Bertz CT molecular complexity index is 495. The highest BCUT2D eigenvalue weighted by atomic mass is 32.1. The van der Waals surface area contributed by atoms with E-state index in [2.05, 4.69) is 15.6 Å². The molecule has 7 nitrogen and oxygen atoms in total. The van der Waals surface area contributed by atoms with Gasteiger partial charge in [-0.15, -0.1) is 11.3 Å². The number of carbonyl (C=O) groups excluding carboxylic acids is 2. The van der Waals surface area contributed by atoms with E-state index < -0.39 is 0 Å². The molecule has 0 aromatic carbocycles. The molecule has 1 saturated heterocycles. The SMILES string of the molecule is COCCCCNC(=O)N1CCC[C@H](C(=O)Nc2nccs2)C1. The second kappa shape index (κ2) is 9.46. The molecule has 1 aliphatic heterocycles. The van der Waals surface area contributed by atoms with Crippen LogP contribution >= 0.6 is 11.3 Å². The minimum absolute atomic E-state index is 0.0578. The van der Waals surface area contributed by atoms with E-state index in [4.69, 9.17) is 4.74 Å². The van der Waals surface area contributed by atoms with E-state index in [0.29, 0.717) is 31.4 Å². The largest absolute Gasteiger partial charge is 0.385 e. The molecule has 0 aliphatic carbocycles. The lowest BCUT2D eigenvalue weighted by molar-refractivity contribution is -0.121. The Hall–Kier alpha value is -1.67. The standard InChI is InChI=1S/C15H24N4O3S/c1-22-9-3-2-6-17-15(21)19-8-4-5-12(11-19)13(20)18-14-16-7-10-23-14/h7,10,12H,2-6,8-9,11H2,1H3,(H,17,21)(H,16,18,20)/t12-/m0/s1. The Labute approximate surface area is 140 Å². The van der Waals surface area contributed by atoms with Crippen LogP contribution in [0.4, 0.5) is 9.93 Å². The van der Waals surface area contributed by atoms with Crippen LogP contribution in [0.15, 0.2) is 11.6 Å². The van der Waals surface area contributed by atoms with E-state index in [1.165, 1.54) is 11.3 Å². The quantitative estimate of drug-likeness (QED) is 0.743. The number of amides is 3. The number of urea groups is 1. The zero-order chi connectivity index (χ0) is 16.5. The fraction of sp³-hybridized carbons (Fsp3) is 0.667. The summed E-state index contributed by atoms with van der Waals surface area (Å²) in [6.45, 7) is 2.50. The first-order valence-corrected chi connectivity index (χ1v) is 8.80. The maximum Gasteiger partial charge on any atom is 0.317 e. The molecule has 0 bridgehead atoms. The van der Waals surface area contributed by atoms with Crippen LogP contribution in [0.3, 0.4) is 0 Å². The van der Waals surface area contributed by atoms with Gasteiger partial charge in [0.15, 0.2) is 5.13 Å². The Morgan fingerprint density at radius 1 is 1.48 bits per heavy atom. The van der Waals surface area contributed by atoms with Gasteiger partial charge in [-0.1, -0.05) is 0 Å². The van der Waals surface area contributed by atoms with Gasteiger partial charge in [0.2, 0.25) is 5.91 Å². The van der Waals surface area contributed by atoms with Crippen LogP contribution in [0.1, 0.15) is 25.7 Å². The summed E-state index contributed by atoms with van der Waals surface area (Å²) < 4.78 is 4.98. The summed E-state index contributed by atoms with van der Waals surface area (Å²) >= 11 is 1.39. The second-order valence-corrected chi connectivity index (χ2v) is 6.44. The van der Waals surface area contributed by atoms with Crippen LogP contribution in [0.5, 0.6) is 0 Å². The first-order chi connectivity index (χ1) is 11.2. The summed E-state index contributed by atoms with van der Waals surface area (Å²) in [6, 6.07) is -0.0887. The van der Waals surface area contributed by atoms with Crippen LogP contribution < -0.4 is 10.6 Å². The first-order valence-electron chi connectivity index (χ1n) is 7.92. The Morgan fingerprint density at radius 3 is 3.09 bits per heavy atom. The van der Waals surface area contributed by atoms with Gasteiger partial charge < -0.3 is 20.3 Å². The molecule has 0 radical (unpaired) electrons. The van der Waals surface area contributed by atoms with Gasteiger partial charge in [0.25, 0.3) is 0 Å². The van der Waals surface area contributed by atoms with Gasteiger partial charge in [-0.2, -0.15) is 0 Å².